The Labute approximate surface area is 134 Å². The molecule has 0 aliphatic heterocycles. The summed E-state index contributed by atoms with van der Waals surface area (Å²) in [6.45, 7) is 2.17. The predicted molar refractivity (Wildman–Crippen MR) is 79.8 cm³/mol. The number of esters is 1. The number of halogens is 3. The maximum Gasteiger partial charge on any atom is 0.433 e. The van der Waals surface area contributed by atoms with E-state index in [1.165, 1.54) is 19.3 Å². The Bertz CT molecular complexity index is 506. The molecule has 1 aromatic rings. The number of carbonyl (C=O) groups is 1. The third-order valence-electron chi connectivity index (χ3n) is 4.39. The van der Waals surface area contributed by atoms with Crippen molar-refractivity contribution in [2.45, 2.75) is 58.0 Å². The molecule has 1 saturated carbocycles. The van der Waals surface area contributed by atoms with E-state index in [2.05, 4.69) is 11.9 Å². The van der Waals surface area contributed by atoms with Crippen LogP contribution in [0.15, 0.2) is 18.3 Å². The number of hydrogen-bond donors (Lipinski definition) is 0. The van der Waals surface area contributed by atoms with Crippen molar-refractivity contribution >= 4 is 5.97 Å². The Morgan fingerprint density at radius 3 is 2.48 bits per heavy atom. The largest absolute Gasteiger partial charge is 0.433 e. The van der Waals surface area contributed by atoms with Crippen molar-refractivity contribution < 1.29 is 22.7 Å². The predicted octanol–water partition coefficient (Wildman–Crippen LogP) is 5.00. The molecule has 0 bridgehead atoms. The van der Waals surface area contributed by atoms with Crippen LogP contribution in [0.1, 0.15) is 57.6 Å². The smallest absolute Gasteiger partial charge is 0.425 e. The van der Waals surface area contributed by atoms with Gasteiger partial charge in [-0.1, -0.05) is 26.2 Å². The molecule has 0 N–H and O–H groups in total. The standard InChI is InChI=1S/C17H22F3NO2/c1-2-3-4-12-5-7-13(8-6-12)16(22)23-14-9-10-15(21-11-14)17(18,19)20/h9-13H,2-8H2,1H3. The summed E-state index contributed by atoms with van der Waals surface area (Å²) in [5.41, 5.74) is -0.992. The Morgan fingerprint density at radius 1 is 1.26 bits per heavy atom. The second-order valence-corrected chi connectivity index (χ2v) is 6.16. The third kappa shape index (κ3) is 5.22. The summed E-state index contributed by atoms with van der Waals surface area (Å²) in [5.74, 6) is 0.235. The van der Waals surface area contributed by atoms with Gasteiger partial charge in [-0.15, -0.1) is 0 Å². The lowest BCUT2D eigenvalue weighted by Crippen LogP contribution is -2.25. The van der Waals surface area contributed by atoms with Crippen LogP contribution < -0.4 is 4.74 Å². The van der Waals surface area contributed by atoms with Crippen molar-refractivity contribution in [3.8, 4) is 5.75 Å². The highest BCUT2D eigenvalue weighted by molar-refractivity contribution is 5.75. The Morgan fingerprint density at radius 2 is 1.96 bits per heavy atom. The van der Waals surface area contributed by atoms with Gasteiger partial charge in [-0.3, -0.25) is 4.79 Å². The van der Waals surface area contributed by atoms with Crippen LogP contribution >= 0.6 is 0 Å². The molecule has 3 nitrogen and oxygen atoms in total. The third-order valence-corrected chi connectivity index (χ3v) is 4.39. The van der Waals surface area contributed by atoms with Crippen LogP contribution in [0.5, 0.6) is 5.75 Å². The molecular formula is C17H22F3NO2. The molecule has 0 radical (unpaired) electrons. The van der Waals surface area contributed by atoms with Gasteiger partial charge in [0.2, 0.25) is 0 Å². The van der Waals surface area contributed by atoms with Gasteiger partial charge in [0.25, 0.3) is 0 Å². The van der Waals surface area contributed by atoms with Crippen molar-refractivity contribution in [2.24, 2.45) is 11.8 Å². The van der Waals surface area contributed by atoms with E-state index in [0.717, 1.165) is 44.0 Å². The number of rotatable bonds is 5. The highest BCUT2D eigenvalue weighted by Crippen LogP contribution is 2.33. The Kier molecular flexibility index (Phi) is 6.02. The molecule has 1 aromatic heterocycles. The van der Waals surface area contributed by atoms with Crippen LogP contribution in [-0.4, -0.2) is 11.0 Å². The minimum Gasteiger partial charge on any atom is -0.425 e. The van der Waals surface area contributed by atoms with E-state index in [0.29, 0.717) is 5.92 Å². The fraction of sp³-hybridized carbons (Fsp3) is 0.647. The van der Waals surface area contributed by atoms with Crippen LogP contribution in [-0.2, 0) is 11.0 Å². The van der Waals surface area contributed by atoms with Crippen molar-refractivity contribution in [3.05, 3.63) is 24.0 Å². The number of hydrogen-bond acceptors (Lipinski definition) is 3. The second-order valence-electron chi connectivity index (χ2n) is 6.16. The first-order chi connectivity index (χ1) is 10.9. The first kappa shape index (κ1) is 17.8. The summed E-state index contributed by atoms with van der Waals surface area (Å²) in [5, 5.41) is 0. The zero-order chi connectivity index (χ0) is 16.9. The maximum absolute atomic E-state index is 12.4. The van der Waals surface area contributed by atoms with E-state index in [1.807, 2.05) is 0 Å². The van der Waals surface area contributed by atoms with Crippen molar-refractivity contribution in [1.29, 1.82) is 0 Å². The zero-order valence-electron chi connectivity index (χ0n) is 13.2. The molecule has 1 aliphatic carbocycles. The summed E-state index contributed by atoms with van der Waals surface area (Å²) in [6, 6.07) is 1.96. The molecule has 23 heavy (non-hydrogen) atoms. The summed E-state index contributed by atoms with van der Waals surface area (Å²) >= 11 is 0. The lowest BCUT2D eigenvalue weighted by atomic mass is 9.80. The van der Waals surface area contributed by atoms with E-state index in [9.17, 15) is 18.0 Å². The quantitative estimate of drug-likeness (QED) is 0.713. The molecule has 1 fully saturated rings. The van der Waals surface area contributed by atoms with Crippen LogP contribution in [0.4, 0.5) is 13.2 Å². The SMILES string of the molecule is CCCCC1CCC(C(=O)Oc2ccc(C(F)(F)F)nc2)CC1. The molecule has 1 aliphatic rings. The van der Waals surface area contributed by atoms with Crippen LogP contribution in [0.2, 0.25) is 0 Å². The number of alkyl halides is 3. The molecule has 0 amide bonds. The highest BCUT2D eigenvalue weighted by atomic mass is 19.4. The first-order valence-corrected chi connectivity index (χ1v) is 8.15. The van der Waals surface area contributed by atoms with E-state index >= 15 is 0 Å². The molecule has 0 saturated heterocycles. The molecule has 0 spiro atoms. The second kappa shape index (κ2) is 7.79. The molecule has 1 heterocycles. The Balaban J connectivity index is 1.83. The molecule has 128 valence electrons. The highest BCUT2D eigenvalue weighted by Gasteiger charge is 2.32. The number of aromatic nitrogens is 1. The van der Waals surface area contributed by atoms with Gasteiger partial charge in [-0.2, -0.15) is 13.2 Å². The van der Waals surface area contributed by atoms with Gasteiger partial charge in [0.1, 0.15) is 11.4 Å². The normalized spacial score (nSPS) is 21.9. The number of nitrogens with zero attached hydrogens (tertiary/aromatic N) is 1. The van der Waals surface area contributed by atoms with E-state index < -0.39 is 11.9 Å². The Hall–Kier alpha value is -1.59. The van der Waals surface area contributed by atoms with Crippen LogP contribution in [0, 0.1) is 11.8 Å². The van der Waals surface area contributed by atoms with Gasteiger partial charge in [0, 0.05) is 0 Å². The fourth-order valence-corrected chi connectivity index (χ4v) is 2.99. The monoisotopic (exact) mass is 329 g/mol. The van der Waals surface area contributed by atoms with Gasteiger partial charge < -0.3 is 4.74 Å². The minimum atomic E-state index is -4.49. The molecule has 2 rings (SSSR count). The maximum atomic E-state index is 12.4. The zero-order valence-corrected chi connectivity index (χ0v) is 13.2. The number of pyridine rings is 1. The summed E-state index contributed by atoms with van der Waals surface area (Å²) < 4.78 is 42.5. The van der Waals surface area contributed by atoms with Crippen molar-refractivity contribution in [1.82, 2.24) is 4.98 Å². The van der Waals surface area contributed by atoms with Crippen molar-refractivity contribution in [2.75, 3.05) is 0 Å². The van der Waals surface area contributed by atoms with Gasteiger partial charge in [-0.05, 0) is 43.7 Å². The molecular weight excluding hydrogens is 307 g/mol. The van der Waals surface area contributed by atoms with Gasteiger partial charge in [0.15, 0.2) is 0 Å². The van der Waals surface area contributed by atoms with E-state index in [4.69, 9.17) is 4.74 Å². The topological polar surface area (TPSA) is 39.2 Å². The van der Waals surface area contributed by atoms with Crippen molar-refractivity contribution in [3.63, 3.8) is 0 Å². The molecule has 6 heteroatoms. The van der Waals surface area contributed by atoms with Crippen LogP contribution in [0.3, 0.4) is 0 Å². The number of ether oxygens (including phenoxy) is 1. The van der Waals surface area contributed by atoms with Crippen LogP contribution in [0.25, 0.3) is 0 Å². The average Bonchev–Trinajstić information content (AvgIpc) is 2.53. The first-order valence-electron chi connectivity index (χ1n) is 8.15. The average molecular weight is 329 g/mol. The number of unbranched alkanes of at least 4 members (excludes halogenated alkanes) is 1. The summed E-state index contributed by atoms with van der Waals surface area (Å²) in [4.78, 5) is 15.4. The molecule has 0 unspecified atom stereocenters. The van der Waals surface area contributed by atoms with E-state index in [-0.39, 0.29) is 17.6 Å². The minimum absolute atomic E-state index is 0.0658. The lowest BCUT2D eigenvalue weighted by molar-refractivity contribution is -0.141. The lowest BCUT2D eigenvalue weighted by Gasteiger charge is -2.27. The fourth-order valence-electron chi connectivity index (χ4n) is 2.99. The summed E-state index contributed by atoms with van der Waals surface area (Å²) in [6.07, 6.45) is 3.70. The summed E-state index contributed by atoms with van der Waals surface area (Å²) in [7, 11) is 0. The molecule has 0 atom stereocenters. The van der Waals surface area contributed by atoms with Gasteiger partial charge >= 0.3 is 12.1 Å². The van der Waals surface area contributed by atoms with Gasteiger partial charge in [-0.25, -0.2) is 4.98 Å². The number of carbonyl (C=O) groups excluding carboxylic acids is 1. The molecule has 0 aromatic carbocycles. The van der Waals surface area contributed by atoms with Gasteiger partial charge in [0.05, 0.1) is 12.1 Å². The van der Waals surface area contributed by atoms with E-state index in [1.54, 1.807) is 0 Å².